The van der Waals surface area contributed by atoms with Crippen LogP contribution in [0.25, 0.3) is 0 Å². The van der Waals surface area contributed by atoms with Gasteiger partial charge in [0.25, 0.3) is 0 Å². The van der Waals surface area contributed by atoms with Crippen molar-refractivity contribution in [2.45, 2.75) is 45.6 Å². The van der Waals surface area contributed by atoms with Crippen LogP contribution in [0.1, 0.15) is 39.0 Å². The van der Waals surface area contributed by atoms with Crippen LogP contribution < -0.4 is 11.1 Å². The van der Waals surface area contributed by atoms with Crippen molar-refractivity contribution in [2.24, 2.45) is 11.7 Å². The summed E-state index contributed by atoms with van der Waals surface area (Å²) in [6.07, 6.45) is 0.727. The number of carbonyl (C=O) groups is 1. The molecule has 0 aromatic carbocycles. The van der Waals surface area contributed by atoms with Crippen LogP contribution in [0, 0.1) is 5.92 Å². The Morgan fingerprint density at radius 2 is 2.11 bits per heavy atom. The standard InChI is InChI=1S/C14H24N2OS.ClH/c1-10(2)8-11(15)13(17)16-9-14(3,4)12-6-5-7-18-12;/h5-7,10-11H,8-9,15H2,1-4H3,(H,16,17);1H/t11-;/m0./s1. The average Bonchev–Trinajstić information content (AvgIpc) is 2.78. The zero-order valence-corrected chi connectivity index (χ0v) is 13.7. The lowest BCUT2D eigenvalue weighted by Crippen LogP contribution is -2.45. The molecule has 0 aliphatic heterocycles. The molecule has 1 aromatic rings. The molecule has 0 spiro atoms. The zero-order chi connectivity index (χ0) is 13.8. The lowest BCUT2D eigenvalue weighted by molar-refractivity contribution is -0.122. The van der Waals surface area contributed by atoms with Gasteiger partial charge < -0.3 is 11.1 Å². The first-order valence-corrected chi connectivity index (χ1v) is 7.28. The minimum atomic E-state index is -0.399. The van der Waals surface area contributed by atoms with Gasteiger partial charge in [-0.15, -0.1) is 23.7 Å². The van der Waals surface area contributed by atoms with Gasteiger partial charge in [0.15, 0.2) is 0 Å². The number of hydrogen-bond donors (Lipinski definition) is 2. The molecule has 1 rings (SSSR count). The maximum absolute atomic E-state index is 11.9. The average molecular weight is 305 g/mol. The van der Waals surface area contributed by atoms with E-state index in [1.54, 1.807) is 11.3 Å². The summed E-state index contributed by atoms with van der Waals surface area (Å²) in [7, 11) is 0. The number of carbonyl (C=O) groups excluding carboxylic acids is 1. The fourth-order valence-corrected chi connectivity index (χ4v) is 2.66. The molecular weight excluding hydrogens is 280 g/mol. The second-order valence-electron chi connectivity index (χ2n) is 5.82. The molecule has 3 N–H and O–H groups in total. The molecule has 1 amide bonds. The third-order valence-corrected chi connectivity index (χ3v) is 4.19. The van der Waals surface area contributed by atoms with Crippen molar-refractivity contribution in [1.82, 2.24) is 5.32 Å². The van der Waals surface area contributed by atoms with Gasteiger partial charge in [-0.1, -0.05) is 33.8 Å². The quantitative estimate of drug-likeness (QED) is 0.849. The van der Waals surface area contributed by atoms with E-state index in [1.807, 2.05) is 6.07 Å². The maximum atomic E-state index is 11.9. The fourth-order valence-electron chi connectivity index (χ4n) is 1.80. The number of nitrogens with one attached hydrogen (secondary N) is 1. The lowest BCUT2D eigenvalue weighted by Gasteiger charge is -2.25. The summed E-state index contributed by atoms with van der Waals surface area (Å²) in [5.41, 5.74) is 5.82. The van der Waals surface area contributed by atoms with Crippen LogP contribution in [0.2, 0.25) is 0 Å². The predicted molar refractivity (Wildman–Crippen MR) is 85.0 cm³/mol. The number of nitrogens with two attached hydrogens (primary N) is 1. The Hall–Kier alpha value is -0.580. The van der Waals surface area contributed by atoms with Crippen molar-refractivity contribution in [3.63, 3.8) is 0 Å². The number of rotatable bonds is 6. The van der Waals surface area contributed by atoms with Crippen molar-refractivity contribution in [1.29, 1.82) is 0 Å². The van der Waals surface area contributed by atoms with E-state index in [9.17, 15) is 4.79 Å². The van der Waals surface area contributed by atoms with Crippen LogP contribution >= 0.6 is 23.7 Å². The Labute approximate surface area is 126 Å². The molecule has 0 aliphatic carbocycles. The van der Waals surface area contributed by atoms with Crippen LogP contribution in [0.3, 0.4) is 0 Å². The van der Waals surface area contributed by atoms with E-state index in [1.165, 1.54) is 4.88 Å². The first-order chi connectivity index (χ1) is 8.33. The first-order valence-electron chi connectivity index (χ1n) is 6.40. The maximum Gasteiger partial charge on any atom is 0.236 e. The van der Waals surface area contributed by atoms with Gasteiger partial charge in [0, 0.05) is 16.8 Å². The number of thiophene rings is 1. The van der Waals surface area contributed by atoms with Gasteiger partial charge in [-0.2, -0.15) is 0 Å². The monoisotopic (exact) mass is 304 g/mol. The van der Waals surface area contributed by atoms with E-state index < -0.39 is 6.04 Å². The van der Waals surface area contributed by atoms with Crippen molar-refractivity contribution < 1.29 is 4.79 Å². The summed E-state index contributed by atoms with van der Waals surface area (Å²) in [6, 6.07) is 3.74. The summed E-state index contributed by atoms with van der Waals surface area (Å²) in [6.45, 7) is 9.03. The molecule has 3 nitrogen and oxygen atoms in total. The third-order valence-electron chi connectivity index (χ3n) is 2.95. The summed E-state index contributed by atoms with van der Waals surface area (Å²) in [4.78, 5) is 13.1. The van der Waals surface area contributed by atoms with Gasteiger partial charge in [0.05, 0.1) is 6.04 Å². The highest BCUT2D eigenvalue weighted by Gasteiger charge is 2.24. The normalized spacial score (nSPS) is 12.9. The molecule has 110 valence electrons. The topological polar surface area (TPSA) is 55.1 Å². The Kier molecular flexibility index (Phi) is 7.64. The van der Waals surface area contributed by atoms with Gasteiger partial charge in [-0.25, -0.2) is 0 Å². The summed E-state index contributed by atoms with van der Waals surface area (Å²) >= 11 is 1.72. The van der Waals surface area contributed by atoms with E-state index in [4.69, 9.17) is 5.73 Å². The number of amides is 1. The molecule has 0 radical (unpaired) electrons. The summed E-state index contributed by atoms with van der Waals surface area (Å²) < 4.78 is 0. The van der Waals surface area contributed by atoms with Crippen molar-refractivity contribution in [2.75, 3.05) is 6.54 Å². The molecule has 0 bridgehead atoms. The molecule has 0 saturated carbocycles. The van der Waals surface area contributed by atoms with E-state index in [-0.39, 0.29) is 23.7 Å². The highest BCUT2D eigenvalue weighted by Crippen LogP contribution is 2.26. The number of halogens is 1. The number of hydrogen-bond acceptors (Lipinski definition) is 3. The minimum Gasteiger partial charge on any atom is -0.354 e. The molecule has 1 heterocycles. The minimum absolute atomic E-state index is 0. The second kappa shape index (κ2) is 7.88. The summed E-state index contributed by atoms with van der Waals surface area (Å²) in [5.74, 6) is 0.393. The highest BCUT2D eigenvalue weighted by molar-refractivity contribution is 7.10. The molecule has 0 fully saturated rings. The SMILES string of the molecule is CC(C)C[C@H](N)C(=O)NCC(C)(C)c1cccs1.Cl. The summed E-state index contributed by atoms with van der Waals surface area (Å²) in [5, 5.41) is 5.02. The van der Waals surface area contributed by atoms with Gasteiger partial charge in [-0.3, -0.25) is 4.79 Å². The van der Waals surface area contributed by atoms with Crippen LogP contribution in [-0.2, 0) is 10.2 Å². The Bertz CT molecular complexity index is 377. The van der Waals surface area contributed by atoms with Crippen molar-refractivity contribution in [3.8, 4) is 0 Å². The first kappa shape index (κ1) is 18.4. The van der Waals surface area contributed by atoms with Crippen LogP contribution in [0.5, 0.6) is 0 Å². The van der Waals surface area contributed by atoms with Gasteiger partial charge in [-0.05, 0) is 23.8 Å². The van der Waals surface area contributed by atoms with Gasteiger partial charge in [0.2, 0.25) is 5.91 Å². The molecule has 0 unspecified atom stereocenters. The molecule has 1 atom stereocenters. The van der Waals surface area contributed by atoms with Crippen LogP contribution in [0.4, 0.5) is 0 Å². The lowest BCUT2D eigenvalue weighted by atomic mass is 9.91. The Morgan fingerprint density at radius 1 is 1.47 bits per heavy atom. The van der Waals surface area contributed by atoms with E-state index in [0.717, 1.165) is 6.42 Å². The second-order valence-corrected chi connectivity index (χ2v) is 6.76. The molecule has 0 aliphatic rings. The van der Waals surface area contributed by atoms with E-state index in [2.05, 4.69) is 44.5 Å². The Balaban J connectivity index is 0.00000324. The van der Waals surface area contributed by atoms with Crippen LogP contribution in [0.15, 0.2) is 17.5 Å². The van der Waals surface area contributed by atoms with Crippen molar-refractivity contribution >= 4 is 29.7 Å². The van der Waals surface area contributed by atoms with Crippen molar-refractivity contribution in [3.05, 3.63) is 22.4 Å². The molecular formula is C14H25ClN2OS. The molecule has 0 saturated heterocycles. The molecule has 19 heavy (non-hydrogen) atoms. The molecule has 1 aromatic heterocycles. The highest BCUT2D eigenvalue weighted by atomic mass is 35.5. The largest absolute Gasteiger partial charge is 0.354 e. The van der Waals surface area contributed by atoms with Gasteiger partial charge in [0.1, 0.15) is 0 Å². The smallest absolute Gasteiger partial charge is 0.236 e. The van der Waals surface area contributed by atoms with Crippen LogP contribution in [-0.4, -0.2) is 18.5 Å². The van der Waals surface area contributed by atoms with Gasteiger partial charge >= 0.3 is 0 Å². The third kappa shape index (κ3) is 5.93. The van der Waals surface area contributed by atoms with E-state index in [0.29, 0.717) is 12.5 Å². The molecule has 5 heteroatoms. The Morgan fingerprint density at radius 3 is 2.58 bits per heavy atom. The fraction of sp³-hybridized carbons (Fsp3) is 0.643. The van der Waals surface area contributed by atoms with E-state index >= 15 is 0 Å². The predicted octanol–water partition coefficient (Wildman–Crippen LogP) is 2.94. The zero-order valence-electron chi connectivity index (χ0n) is 12.1.